The predicted molar refractivity (Wildman–Crippen MR) is 117 cm³/mol. The lowest BCUT2D eigenvalue weighted by Crippen LogP contribution is -2.52. The summed E-state index contributed by atoms with van der Waals surface area (Å²) >= 11 is 0. The first-order chi connectivity index (χ1) is 15.0. The minimum Gasteiger partial charge on any atom is -0.484 e. The molecule has 4 rings (SSSR count). The van der Waals surface area contributed by atoms with Crippen molar-refractivity contribution in [1.82, 2.24) is 15.1 Å². The van der Waals surface area contributed by atoms with E-state index in [4.69, 9.17) is 9.47 Å². The van der Waals surface area contributed by atoms with E-state index in [9.17, 15) is 9.59 Å². The molecular formula is C24H29N3O4. The molecule has 2 amide bonds. The van der Waals surface area contributed by atoms with Gasteiger partial charge in [-0.25, -0.2) is 0 Å². The number of hydrogen-bond acceptors (Lipinski definition) is 5. The number of carbonyl (C=O) groups excluding carboxylic acids is 2. The molecule has 1 aliphatic heterocycles. The zero-order valence-corrected chi connectivity index (χ0v) is 17.9. The van der Waals surface area contributed by atoms with Crippen LogP contribution in [0.2, 0.25) is 0 Å². The third-order valence-electron chi connectivity index (χ3n) is 5.48. The first kappa shape index (κ1) is 21.2. The maximum Gasteiger partial charge on any atom is 0.260 e. The quantitative estimate of drug-likeness (QED) is 0.707. The molecule has 2 aromatic carbocycles. The van der Waals surface area contributed by atoms with Crippen molar-refractivity contribution in [3.63, 3.8) is 0 Å². The molecule has 0 spiro atoms. The number of benzene rings is 2. The van der Waals surface area contributed by atoms with Gasteiger partial charge in [-0.15, -0.1) is 0 Å². The van der Waals surface area contributed by atoms with E-state index in [1.807, 2.05) is 43.3 Å². The molecule has 1 N–H and O–H groups in total. The van der Waals surface area contributed by atoms with E-state index >= 15 is 0 Å². The number of nitrogens with one attached hydrogen (secondary N) is 1. The number of nitrogens with zero attached hydrogens (tertiary/aromatic N) is 2. The molecule has 0 aromatic heterocycles. The van der Waals surface area contributed by atoms with Crippen molar-refractivity contribution < 1.29 is 19.1 Å². The van der Waals surface area contributed by atoms with Crippen LogP contribution in [0, 0.1) is 6.92 Å². The van der Waals surface area contributed by atoms with Crippen LogP contribution in [0.1, 0.15) is 18.4 Å². The standard InChI is InChI=1S/C24H29N3O4/c1-18-2-6-21(7-3-18)31-22-10-8-20(9-11-22)30-17-24(29)27-14-12-26(13-15-27)16-23(28)25-19-4-5-19/h2-3,6-11,19H,4-5,12-17H2,1H3,(H,25,28). The largest absolute Gasteiger partial charge is 0.484 e. The van der Waals surface area contributed by atoms with Gasteiger partial charge in [0.2, 0.25) is 5.91 Å². The van der Waals surface area contributed by atoms with E-state index in [1.165, 1.54) is 5.56 Å². The van der Waals surface area contributed by atoms with Gasteiger partial charge in [0.25, 0.3) is 5.91 Å². The first-order valence-corrected chi connectivity index (χ1v) is 10.8. The van der Waals surface area contributed by atoms with Crippen LogP contribution in [-0.4, -0.2) is 67.0 Å². The van der Waals surface area contributed by atoms with Gasteiger partial charge in [-0.05, 0) is 56.2 Å². The maximum absolute atomic E-state index is 12.5. The van der Waals surface area contributed by atoms with Crippen LogP contribution in [0.5, 0.6) is 17.2 Å². The second-order valence-corrected chi connectivity index (χ2v) is 8.17. The summed E-state index contributed by atoms with van der Waals surface area (Å²) in [6, 6.07) is 15.5. The van der Waals surface area contributed by atoms with Crippen molar-refractivity contribution in [3.8, 4) is 17.2 Å². The normalized spacial score (nSPS) is 16.6. The highest BCUT2D eigenvalue weighted by molar-refractivity contribution is 5.79. The Morgan fingerprint density at radius 3 is 2.10 bits per heavy atom. The Morgan fingerprint density at radius 2 is 1.48 bits per heavy atom. The van der Waals surface area contributed by atoms with Gasteiger partial charge in [0.05, 0.1) is 6.54 Å². The highest BCUT2D eigenvalue weighted by Crippen LogP contribution is 2.24. The molecule has 0 atom stereocenters. The zero-order chi connectivity index (χ0) is 21.6. The number of hydrogen-bond donors (Lipinski definition) is 1. The number of piperazine rings is 1. The molecular weight excluding hydrogens is 394 g/mol. The summed E-state index contributed by atoms with van der Waals surface area (Å²) in [6.45, 7) is 5.08. The van der Waals surface area contributed by atoms with Gasteiger partial charge >= 0.3 is 0 Å². The number of carbonyl (C=O) groups is 2. The minimum absolute atomic E-state index is 0.000329. The molecule has 1 saturated carbocycles. The summed E-state index contributed by atoms with van der Waals surface area (Å²) in [5.41, 5.74) is 1.18. The van der Waals surface area contributed by atoms with Crippen LogP contribution in [0.25, 0.3) is 0 Å². The summed E-state index contributed by atoms with van der Waals surface area (Å²) in [5.74, 6) is 2.16. The van der Waals surface area contributed by atoms with Crippen LogP contribution in [0.15, 0.2) is 48.5 Å². The third-order valence-corrected chi connectivity index (χ3v) is 5.48. The lowest BCUT2D eigenvalue weighted by molar-refractivity contribution is -0.135. The Morgan fingerprint density at radius 1 is 0.903 bits per heavy atom. The van der Waals surface area contributed by atoms with Gasteiger partial charge in [0.1, 0.15) is 17.2 Å². The molecule has 2 aliphatic rings. The lowest BCUT2D eigenvalue weighted by atomic mass is 10.2. The molecule has 7 nitrogen and oxygen atoms in total. The van der Waals surface area contributed by atoms with Crippen molar-refractivity contribution in [2.24, 2.45) is 0 Å². The minimum atomic E-state index is -0.0398. The molecule has 7 heteroatoms. The van der Waals surface area contributed by atoms with Crippen LogP contribution < -0.4 is 14.8 Å². The van der Waals surface area contributed by atoms with Crippen LogP contribution in [0.3, 0.4) is 0 Å². The fraction of sp³-hybridized carbons (Fsp3) is 0.417. The van der Waals surface area contributed by atoms with Gasteiger partial charge in [0, 0.05) is 32.2 Å². The van der Waals surface area contributed by atoms with Crippen molar-refractivity contribution in [1.29, 1.82) is 0 Å². The molecule has 0 unspecified atom stereocenters. The fourth-order valence-electron chi connectivity index (χ4n) is 3.44. The molecule has 0 bridgehead atoms. The number of rotatable bonds is 8. The summed E-state index contributed by atoms with van der Waals surface area (Å²) in [5, 5.41) is 3.00. The van der Waals surface area contributed by atoms with Gasteiger partial charge in [-0.1, -0.05) is 17.7 Å². The third kappa shape index (κ3) is 6.46. The fourth-order valence-corrected chi connectivity index (χ4v) is 3.44. The maximum atomic E-state index is 12.5. The van der Waals surface area contributed by atoms with Gasteiger partial charge in [-0.3, -0.25) is 14.5 Å². The summed E-state index contributed by atoms with van der Waals surface area (Å²) in [6.07, 6.45) is 2.19. The SMILES string of the molecule is Cc1ccc(Oc2ccc(OCC(=O)N3CCN(CC(=O)NC4CC4)CC3)cc2)cc1. The van der Waals surface area contributed by atoms with Crippen LogP contribution in [0.4, 0.5) is 0 Å². The molecule has 1 aliphatic carbocycles. The average molecular weight is 424 g/mol. The molecule has 0 radical (unpaired) electrons. The summed E-state index contributed by atoms with van der Waals surface area (Å²) < 4.78 is 11.5. The van der Waals surface area contributed by atoms with E-state index in [2.05, 4.69) is 10.2 Å². The van der Waals surface area contributed by atoms with E-state index in [0.717, 1.165) is 18.6 Å². The Kier molecular flexibility index (Phi) is 6.72. The molecule has 1 heterocycles. The van der Waals surface area contributed by atoms with E-state index in [-0.39, 0.29) is 18.4 Å². The number of amides is 2. The Bertz CT molecular complexity index is 886. The van der Waals surface area contributed by atoms with E-state index < -0.39 is 0 Å². The second-order valence-electron chi connectivity index (χ2n) is 8.17. The van der Waals surface area contributed by atoms with E-state index in [0.29, 0.717) is 50.3 Å². The first-order valence-electron chi connectivity index (χ1n) is 10.8. The van der Waals surface area contributed by atoms with Crippen molar-refractivity contribution in [3.05, 3.63) is 54.1 Å². The number of ether oxygens (including phenoxy) is 2. The number of aryl methyl sites for hydroxylation is 1. The second kappa shape index (κ2) is 9.83. The van der Waals surface area contributed by atoms with E-state index in [1.54, 1.807) is 17.0 Å². The van der Waals surface area contributed by atoms with Gasteiger partial charge in [0.15, 0.2) is 6.61 Å². The van der Waals surface area contributed by atoms with Gasteiger partial charge in [-0.2, -0.15) is 0 Å². The Labute approximate surface area is 182 Å². The monoisotopic (exact) mass is 423 g/mol. The lowest BCUT2D eigenvalue weighted by Gasteiger charge is -2.34. The molecule has 164 valence electrons. The van der Waals surface area contributed by atoms with Crippen molar-refractivity contribution in [2.45, 2.75) is 25.8 Å². The molecule has 2 aromatic rings. The summed E-state index contributed by atoms with van der Waals surface area (Å²) in [7, 11) is 0. The summed E-state index contributed by atoms with van der Waals surface area (Å²) in [4.78, 5) is 28.3. The Balaban J connectivity index is 1.17. The van der Waals surface area contributed by atoms with Crippen LogP contribution in [-0.2, 0) is 9.59 Å². The average Bonchev–Trinajstić information content (AvgIpc) is 3.59. The Hall–Kier alpha value is -3.06. The van der Waals surface area contributed by atoms with Crippen molar-refractivity contribution in [2.75, 3.05) is 39.3 Å². The topological polar surface area (TPSA) is 71.1 Å². The highest BCUT2D eigenvalue weighted by Gasteiger charge is 2.26. The molecule has 31 heavy (non-hydrogen) atoms. The van der Waals surface area contributed by atoms with Gasteiger partial charge < -0.3 is 19.7 Å². The highest BCUT2D eigenvalue weighted by atomic mass is 16.5. The molecule has 2 fully saturated rings. The zero-order valence-electron chi connectivity index (χ0n) is 17.9. The predicted octanol–water partition coefficient (Wildman–Crippen LogP) is 2.59. The van der Waals surface area contributed by atoms with Crippen molar-refractivity contribution >= 4 is 11.8 Å². The smallest absolute Gasteiger partial charge is 0.260 e. The molecule has 1 saturated heterocycles. The van der Waals surface area contributed by atoms with Crippen LogP contribution >= 0.6 is 0 Å².